The maximum absolute atomic E-state index is 13.7. The zero-order valence-corrected chi connectivity index (χ0v) is 18.5. The van der Waals surface area contributed by atoms with Gasteiger partial charge in [0, 0.05) is 44.5 Å². The number of carbonyl (C=O) groups excluding carboxylic acids is 1. The molecule has 2 aliphatic heterocycles. The van der Waals surface area contributed by atoms with Crippen LogP contribution >= 0.6 is 0 Å². The molecule has 176 valence electrons. The van der Waals surface area contributed by atoms with Crippen LogP contribution in [0.1, 0.15) is 11.3 Å². The van der Waals surface area contributed by atoms with Gasteiger partial charge in [0.15, 0.2) is 0 Å². The van der Waals surface area contributed by atoms with E-state index in [2.05, 4.69) is 20.4 Å². The summed E-state index contributed by atoms with van der Waals surface area (Å²) < 4.78 is 32.8. The molecule has 2 saturated heterocycles. The van der Waals surface area contributed by atoms with Gasteiger partial charge in [0.25, 0.3) is 0 Å². The first-order chi connectivity index (χ1) is 16.5. The molecule has 9 heteroatoms. The number of anilines is 1. The van der Waals surface area contributed by atoms with E-state index in [-0.39, 0.29) is 24.1 Å². The highest BCUT2D eigenvalue weighted by Gasteiger charge is 2.41. The molecule has 1 N–H and O–H groups in total. The number of urea groups is 1. The van der Waals surface area contributed by atoms with Crippen molar-refractivity contribution in [2.45, 2.75) is 13.2 Å². The third-order valence-corrected chi connectivity index (χ3v) is 6.38. The standard InChI is InChI=1S/C25H25F2N5O2/c26-22-7-4-8-23(27)21(22)16-34-24-10-9-20(29-30-24)15-31-11-17-13-32(14-18(17)12-31)25(33)28-19-5-2-1-3-6-19/h1-10,17-18H,11-16H2,(H,28,33). The van der Waals surface area contributed by atoms with Gasteiger partial charge in [0.1, 0.15) is 18.2 Å². The molecule has 2 unspecified atom stereocenters. The molecule has 2 amide bonds. The monoisotopic (exact) mass is 465 g/mol. The topological polar surface area (TPSA) is 70.6 Å². The van der Waals surface area contributed by atoms with Crippen LogP contribution in [0.4, 0.5) is 19.3 Å². The number of amides is 2. The van der Waals surface area contributed by atoms with Crippen LogP contribution in [0.3, 0.4) is 0 Å². The fourth-order valence-corrected chi connectivity index (χ4v) is 4.66. The fourth-order valence-electron chi connectivity index (χ4n) is 4.66. The van der Waals surface area contributed by atoms with E-state index < -0.39 is 11.6 Å². The Morgan fingerprint density at radius 1 is 0.912 bits per heavy atom. The van der Waals surface area contributed by atoms with Crippen LogP contribution in [0.2, 0.25) is 0 Å². The molecule has 2 fully saturated rings. The van der Waals surface area contributed by atoms with Gasteiger partial charge in [-0.05, 0) is 42.2 Å². The maximum atomic E-state index is 13.7. The van der Waals surface area contributed by atoms with Crippen LogP contribution in [-0.2, 0) is 13.2 Å². The van der Waals surface area contributed by atoms with Crippen LogP contribution in [0.15, 0.2) is 60.7 Å². The lowest BCUT2D eigenvalue weighted by Gasteiger charge is -2.21. The minimum absolute atomic E-state index is 0.0520. The van der Waals surface area contributed by atoms with Gasteiger partial charge in [-0.15, -0.1) is 5.10 Å². The Bertz CT molecular complexity index is 1110. The smallest absolute Gasteiger partial charge is 0.321 e. The molecular formula is C25H25F2N5O2. The Balaban J connectivity index is 1.09. The molecule has 0 aliphatic carbocycles. The third-order valence-electron chi connectivity index (χ3n) is 6.38. The summed E-state index contributed by atoms with van der Waals surface area (Å²) >= 11 is 0. The number of hydrogen-bond acceptors (Lipinski definition) is 5. The molecule has 0 saturated carbocycles. The van der Waals surface area contributed by atoms with Crippen LogP contribution in [0.5, 0.6) is 5.88 Å². The minimum atomic E-state index is -0.653. The van der Waals surface area contributed by atoms with Gasteiger partial charge < -0.3 is 15.0 Å². The van der Waals surface area contributed by atoms with Gasteiger partial charge in [0.2, 0.25) is 5.88 Å². The molecule has 34 heavy (non-hydrogen) atoms. The van der Waals surface area contributed by atoms with Crippen molar-refractivity contribution >= 4 is 11.7 Å². The predicted molar refractivity (Wildman–Crippen MR) is 122 cm³/mol. The summed E-state index contributed by atoms with van der Waals surface area (Å²) in [5, 5.41) is 11.2. The summed E-state index contributed by atoms with van der Waals surface area (Å²) in [4.78, 5) is 16.8. The van der Waals surface area contributed by atoms with Crippen molar-refractivity contribution in [3.05, 3.63) is 83.6 Å². The number of benzene rings is 2. The normalized spacial score (nSPS) is 19.8. The molecule has 0 spiro atoms. The molecule has 3 aromatic rings. The Morgan fingerprint density at radius 3 is 2.26 bits per heavy atom. The molecular weight excluding hydrogens is 440 g/mol. The number of aromatic nitrogens is 2. The number of likely N-dealkylation sites (tertiary alicyclic amines) is 2. The van der Waals surface area contributed by atoms with Gasteiger partial charge in [-0.1, -0.05) is 24.3 Å². The number of nitrogens with zero attached hydrogens (tertiary/aromatic N) is 4. The van der Waals surface area contributed by atoms with E-state index in [1.54, 1.807) is 6.07 Å². The average Bonchev–Trinajstić information content (AvgIpc) is 3.39. The highest BCUT2D eigenvalue weighted by atomic mass is 19.1. The van der Waals surface area contributed by atoms with Crippen molar-refractivity contribution in [1.29, 1.82) is 0 Å². The van der Waals surface area contributed by atoms with Crippen molar-refractivity contribution in [3.8, 4) is 5.88 Å². The van der Waals surface area contributed by atoms with E-state index in [9.17, 15) is 13.6 Å². The van der Waals surface area contributed by atoms with Crippen LogP contribution in [-0.4, -0.2) is 52.2 Å². The first kappa shape index (κ1) is 22.2. The van der Waals surface area contributed by atoms with Crippen LogP contribution < -0.4 is 10.1 Å². The lowest BCUT2D eigenvalue weighted by molar-refractivity contribution is 0.211. The average molecular weight is 466 g/mol. The first-order valence-corrected chi connectivity index (χ1v) is 11.3. The summed E-state index contributed by atoms with van der Waals surface area (Å²) in [5.41, 5.74) is 1.46. The number of ether oxygens (including phenoxy) is 1. The zero-order chi connectivity index (χ0) is 23.5. The van der Waals surface area contributed by atoms with Gasteiger partial charge >= 0.3 is 6.03 Å². The summed E-state index contributed by atoms with van der Waals surface area (Å²) in [5.74, 6) is -0.217. The van der Waals surface area contributed by atoms with Crippen LogP contribution in [0, 0.1) is 23.5 Å². The van der Waals surface area contributed by atoms with Crippen molar-refractivity contribution in [1.82, 2.24) is 20.0 Å². The van der Waals surface area contributed by atoms with E-state index in [0.717, 1.165) is 37.6 Å². The number of para-hydroxylation sites is 1. The predicted octanol–water partition coefficient (Wildman–Crippen LogP) is 3.93. The molecule has 2 aliphatic rings. The van der Waals surface area contributed by atoms with E-state index in [4.69, 9.17) is 4.74 Å². The molecule has 2 aromatic carbocycles. The van der Waals surface area contributed by atoms with Crippen molar-refractivity contribution in [2.75, 3.05) is 31.5 Å². The lowest BCUT2D eigenvalue weighted by atomic mass is 10.0. The largest absolute Gasteiger partial charge is 0.471 e. The number of halogens is 2. The minimum Gasteiger partial charge on any atom is -0.471 e. The van der Waals surface area contributed by atoms with E-state index >= 15 is 0 Å². The van der Waals surface area contributed by atoms with E-state index in [1.807, 2.05) is 41.3 Å². The van der Waals surface area contributed by atoms with Crippen LogP contribution in [0.25, 0.3) is 0 Å². The lowest BCUT2D eigenvalue weighted by Crippen LogP contribution is -2.36. The molecule has 3 heterocycles. The number of rotatable bonds is 6. The number of nitrogens with one attached hydrogen (secondary N) is 1. The Hall–Kier alpha value is -3.59. The molecule has 0 radical (unpaired) electrons. The Kier molecular flexibility index (Phi) is 6.35. The molecule has 7 nitrogen and oxygen atoms in total. The zero-order valence-electron chi connectivity index (χ0n) is 18.5. The molecule has 0 bridgehead atoms. The quantitative estimate of drug-likeness (QED) is 0.598. The molecule has 2 atom stereocenters. The fraction of sp³-hybridized carbons (Fsp3) is 0.320. The summed E-state index contributed by atoms with van der Waals surface area (Å²) in [7, 11) is 0. The highest BCUT2D eigenvalue weighted by molar-refractivity contribution is 5.89. The number of fused-ring (bicyclic) bond motifs is 1. The summed E-state index contributed by atoms with van der Waals surface area (Å²) in [6.45, 7) is 3.67. The van der Waals surface area contributed by atoms with E-state index in [1.165, 1.54) is 18.2 Å². The second kappa shape index (κ2) is 9.72. The number of hydrogen-bond donors (Lipinski definition) is 1. The second-order valence-electron chi connectivity index (χ2n) is 8.77. The van der Waals surface area contributed by atoms with E-state index in [0.29, 0.717) is 18.4 Å². The Labute approximate surface area is 196 Å². The number of carbonyl (C=O) groups is 1. The SMILES string of the molecule is O=C(Nc1ccccc1)N1CC2CN(Cc3ccc(OCc4c(F)cccc4F)nn3)CC2C1. The first-order valence-electron chi connectivity index (χ1n) is 11.3. The Morgan fingerprint density at radius 2 is 1.62 bits per heavy atom. The second-order valence-corrected chi connectivity index (χ2v) is 8.77. The van der Waals surface area contributed by atoms with Gasteiger partial charge in [0.05, 0.1) is 11.3 Å². The van der Waals surface area contributed by atoms with Crippen molar-refractivity contribution < 1.29 is 18.3 Å². The molecule has 1 aromatic heterocycles. The third kappa shape index (κ3) is 4.99. The van der Waals surface area contributed by atoms with Gasteiger partial charge in [-0.2, -0.15) is 5.10 Å². The highest BCUT2D eigenvalue weighted by Crippen LogP contribution is 2.32. The summed E-state index contributed by atoms with van der Waals surface area (Å²) in [6, 6.07) is 16.6. The maximum Gasteiger partial charge on any atom is 0.321 e. The van der Waals surface area contributed by atoms with Crippen molar-refractivity contribution in [3.63, 3.8) is 0 Å². The summed E-state index contributed by atoms with van der Waals surface area (Å²) in [6.07, 6.45) is 0. The molecule has 5 rings (SSSR count). The van der Waals surface area contributed by atoms with Gasteiger partial charge in [-0.25, -0.2) is 13.6 Å². The van der Waals surface area contributed by atoms with Gasteiger partial charge in [-0.3, -0.25) is 4.90 Å². The van der Waals surface area contributed by atoms with Crippen molar-refractivity contribution in [2.24, 2.45) is 11.8 Å².